The van der Waals surface area contributed by atoms with Gasteiger partial charge in [-0.3, -0.25) is 0 Å². The Balaban J connectivity index is 2.50. The Labute approximate surface area is 83.3 Å². The van der Waals surface area contributed by atoms with Crippen LogP contribution in [0, 0.1) is 0 Å². The first-order chi connectivity index (χ1) is 6.33. The van der Waals surface area contributed by atoms with Gasteiger partial charge in [-0.1, -0.05) is 39.5 Å². The molecule has 0 amide bonds. The van der Waals surface area contributed by atoms with Gasteiger partial charge in [0.15, 0.2) is 0 Å². The molecule has 1 N–H and O–H groups in total. The maximum Gasteiger partial charge on any atom is 0.0181 e. The molecule has 0 atom stereocenters. The van der Waals surface area contributed by atoms with Gasteiger partial charge >= 0.3 is 0 Å². The van der Waals surface area contributed by atoms with Crippen LogP contribution in [0.5, 0.6) is 0 Å². The average Bonchev–Trinajstić information content (AvgIpc) is 2.32. The molecule has 0 radical (unpaired) electrons. The SMILES string of the molecule is CCCC1(CCC)CCCCCN1. The van der Waals surface area contributed by atoms with Gasteiger partial charge in [-0.05, 0) is 32.2 Å². The minimum Gasteiger partial charge on any atom is -0.311 e. The summed E-state index contributed by atoms with van der Waals surface area (Å²) in [6.45, 7) is 5.87. The monoisotopic (exact) mass is 183 g/mol. The van der Waals surface area contributed by atoms with Crippen molar-refractivity contribution >= 4 is 0 Å². The first-order valence-corrected chi connectivity index (χ1v) is 6.08. The molecule has 1 fully saturated rings. The van der Waals surface area contributed by atoms with Crippen molar-refractivity contribution in [3.05, 3.63) is 0 Å². The van der Waals surface area contributed by atoms with Crippen LogP contribution in [0.25, 0.3) is 0 Å². The molecule has 78 valence electrons. The minimum absolute atomic E-state index is 0.514. The van der Waals surface area contributed by atoms with Crippen molar-refractivity contribution in [3.8, 4) is 0 Å². The summed E-state index contributed by atoms with van der Waals surface area (Å²) in [6, 6.07) is 0. The highest BCUT2D eigenvalue weighted by Gasteiger charge is 2.27. The maximum atomic E-state index is 3.80. The van der Waals surface area contributed by atoms with Crippen molar-refractivity contribution < 1.29 is 0 Å². The lowest BCUT2D eigenvalue weighted by Gasteiger charge is -2.33. The third-order valence-corrected chi connectivity index (χ3v) is 3.29. The Morgan fingerprint density at radius 1 is 1.00 bits per heavy atom. The highest BCUT2D eigenvalue weighted by Crippen LogP contribution is 2.28. The molecular formula is C12H25N. The molecule has 1 nitrogen and oxygen atoms in total. The van der Waals surface area contributed by atoms with Gasteiger partial charge in [-0.25, -0.2) is 0 Å². The molecule has 0 aromatic rings. The topological polar surface area (TPSA) is 12.0 Å². The average molecular weight is 183 g/mol. The summed E-state index contributed by atoms with van der Waals surface area (Å²) in [7, 11) is 0. The van der Waals surface area contributed by atoms with E-state index in [4.69, 9.17) is 0 Å². The molecule has 0 unspecified atom stereocenters. The van der Waals surface area contributed by atoms with Gasteiger partial charge in [-0.2, -0.15) is 0 Å². The summed E-state index contributed by atoms with van der Waals surface area (Å²) in [5.74, 6) is 0. The second kappa shape index (κ2) is 5.64. The minimum atomic E-state index is 0.514. The van der Waals surface area contributed by atoms with Crippen LogP contribution in [0.15, 0.2) is 0 Å². The molecule has 1 saturated heterocycles. The molecule has 0 aliphatic carbocycles. The Morgan fingerprint density at radius 3 is 2.31 bits per heavy atom. The van der Waals surface area contributed by atoms with Crippen molar-refractivity contribution in [1.82, 2.24) is 5.32 Å². The lowest BCUT2D eigenvalue weighted by Crippen LogP contribution is -2.44. The Bertz CT molecular complexity index is 115. The number of nitrogens with one attached hydrogen (secondary N) is 1. The zero-order valence-electron chi connectivity index (χ0n) is 9.36. The van der Waals surface area contributed by atoms with E-state index in [2.05, 4.69) is 19.2 Å². The first kappa shape index (κ1) is 11.0. The van der Waals surface area contributed by atoms with E-state index in [0.29, 0.717) is 5.54 Å². The molecule has 1 aliphatic rings. The van der Waals surface area contributed by atoms with Crippen LogP contribution >= 0.6 is 0 Å². The molecule has 1 heteroatoms. The van der Waals surface area contributed by atoms with Crippen LogP contribution in [0.1, 0.15) is 65.2 Å². The summed E-state index contributed by atoms with van der Waals surface area (Å²) in [4.78, 5) is 0. The highest BCUT2D eigenvalue weighted by molar-refractivity contribution is 4.88. The predicted octanol–water partition coefficient (Wildman–Crippen LogP) is 3.49. The molecule has 0 spiro atoms. The number of rotatable bonds is 4. The molecule has 0 bridgehead atoms. The zero-order valence-corrected chi connectivity index (χ0v) is 9.36. The van der Waals surface area contributed by atoms with Gasteiger partial charge in [0, 0.05) is 5.54 Å². The van der Waals surface area contributed by atoms with E-state index >= 15 is 0 Å². The number of hydrogen-bond donors (Lipinski definition) is 1. The summed E-state index contributed by atoms with van der Waals surface area (Å²) in [5, 5.41) is 3.80. The Morgan fingerprint density at radius 2 is 1.69 bits per heavy atom. The van der Waals surface area contributed by atoms with Gasteiger partial charge in [0.2, 0.25) is 0 Å². The van der Waals surface area contributed by atoms with Gasteiger partial charge in [0.25, 0.3) is 0 Å². The molecule has 0 aromatic carbocycles. The maximum absolute atomic E-state index is 3.80. The molecular weight excluding hydrogens is 158 g/mol. The van der Waals surface area contributed by atoms with Gasteiger partial charge in [-0.15, -0.1) is 0 Å². The van der Waals surface area contributed by atoms with Crippen LogP contribution < -0.4 is 5.32 Å². The lowest BCUT2D eigenvalue weighted by atomic mass is 9.84. The quantitative estimate of drug-likeness (QED) is 0.703. The van der Waals surface area contributed by atoms with E-state index in [-0.39, 0.29) is 0 Å². The predicted molar refractivity (Wildman–Crippen MR) is 59.0 cm³/mol. The fourth-order valence-electron chi connectivity index (χ4n) is 2.72. The number of hydrogen-bond acceptors (Lipinski definition) is 1. The molecule has 1 aliphatic heterocycles. The van der Waals surface area contributed by atoms with Crippen molar-refractivity contribution in [2.45, 2.75) is 70.8 Å². The van der Waals surface area contributed by atoms with Crippen LogP contribution in [-0.4, -0.2) is 12.1 Å². The standard InChI is InChI=1S/C12H25N/c1-3-8-12(9-4-2)10-6-5-7-11-13-12/h13H,3-11H2,1-2H3. The van der Waals surface area contributed by atoms with Gasteiger partial charge in [0.05, 0.1) is 0 Å². The van der Waals surface area contributed by atoms with E-state index in [1.54, 1.807) is 0 Å². The fraction of sp³-hybridized carbons (Fsp3) is 1.00. The molecule has 1 heterocycles. The van der Waals surface area contributed by atoms with Gasteiger partial charge in [0.1, 0.15) is 0 Å². The van der Waals surface area contributed by atoms with Crippen LogP contribution in [0.2, 0.25) is 0 Å². The highest BCUT2D eigenvalue weighted by atomic mass is 15.0. The van der Waals surface area contributed by atoms with Crippen LogP contribution in [0.3, 0.4) is 0 Å². The lowest BCUT2D eigenvalue weighted by molar-refractivity contribution is 0.268. The van der Waals surface area contributed by atoms with E-state index < -0.39 is 0 Å². The van der Waals surface area contributed by atoms with E-state index in [9.17, 15) is 0 Å². The summed E-state index contributed by atoms with van der Waals surface area (Å²) in [5.41, 5.74) is 0.514. The van der Waals surface area contributed by atoms with E-state index in [0.717, 1.165) is 0 Å². The second-order valence-corrected chi connectivity index (χ2v) is 4.52. The summed E-state index contributed by atoms with van der Waals surface area (Å²) >= 11 is 0. The largest absolute Gasteiger partial charge is 0.311 e. The fourth-order valence-corrected chi connectivity index (χ4v) is 2.72. The van der Waals surface area contributed by atoms with Gasteiger partial charge < -0.3 is 5.32 Å². The van der Waals surface area contributed by atoms with Crippen LogP contribution in [0.4, 0.5) is 0 Å². The Hall–Kier alpha value is -0.0400. The van der Waals surface area contributed by atoms with Crippen molar-refractivity contribution in [2.24, 2.45) is 0 Å². The molecule has 13 heavy (non-hydrogen) atoms. The Kier molecular flexibility index (Phi) is 4.79. The third-order valence-electron chi connectivity index (χ3n) is 3.29. The molecule has 0 aromatic heterocycles. The van der Waals surface area contributed by atoms with Crippen LogP contribution in [-0.2, 0) is 0 Å². The van der Waals surface area contributed by atoms with Crippen molar-refractivity contribution in [3.63, 3.8) is 0 Å². The smallest absolute Gasteiger partial charge is 0.0181 e. The molecule has 1 rings (SSSR count). The second-order valence-electron chi connectivity index (χ2n) is 4.52. The molecule has 0 saturated carbocycles. The zero-order chi connectivity index (χ0) is 9.57. The third kappa shape index (κ3) is 3.30. The first-order valence-electron chi connectivity index (χ1n) is 6.08. The normalized spacial score (nSPS) is 22.6. The van der Waals surface area contributed by atoms with Crippen molar-refractivity contribution in [1.29, 1.82) is 0 Å². The summed E-state index contributed by atoms with van der Waals surface area (Å²) < 4.78 is 0. The van der Waals surface area contributed by atoms with E-state index in [1.165, 1.54) is 57.9 Å². The van der Waals surface area contributed by atoms with Crippen molar-refractivity contribution in [2.75, 3.05) is 6.54 Å². The summed E-state index contributed by atoms with van der Waals surface area (Å²) in [6.07, 6.45) is 11.1. The van der Waals surface area contributed by atoms with E-state index in [1.807, 2.05) is 0 Å².